The summed E-state index contributed by atoms with van der Waals surface area (Å²) in [7, 11) is 1.93. The Kier molecular flexibility index (Phi) is 6.16. The van der Waals surface area contributed by atoms with Crippen molar-refractivity contribution in [1.82, 2.24) is 15.1 Å². The van der Waals surface area contributed by atoms with Gasteiger partial charge < -0.3 is 5.32 Å². The molecule has 1 aromatic heterocycles. The molecule has 2 aromatic carbocycles. The topological polar surface area (TPSA) is 73.0 Å². The number of nitro groups is 1. The highest BCUT2D eigenvalue weighted by atomic mass is 32.2. The molecule has 0 bridgehead atoms. The summed E-state index contributed by atoms with van der Waals surface area (Å²) >= 11 is 1.41. The standard InChI is InChI=1S/C21H24N4O2S/c1-14-5-8-18(9-6-14)28-21-10-7-17(11-20(21)25(26)27)12-22-13-19-15(2)23-24(4)16(19)3/h5-11,22H,12-13H2,1-4H3. The van der Waals surface area contributed by atoms with Gasteiger partial charge in [-0.25, -0.2) is 0 Å². The molecule has 0 aliphatic carbocycles. The zero-order valence-electron chi connectivity index (χ0n) is 16.5. The smallest absolute Gasteiger partial charge is 0.283 e. The molecule has 0 spiro atoms. The van der Waals surface area contributed by atoms with Crippen LogP contribution in [-0.2, 0) is 20.1 Å². The van der Waals surface area contributed by atoms with Crippen LogP contribution in [0.15, 0.2) is 52.3 Å². The first-order valence-corrected chi connectivity index (χ1v) is 9.88. The molecular weight excluding hydrogens is 372 g/mol. The van der Waals surface area contributed by atoms with Gasteiger partial charge in [0.05, 0.1) is 15.5 Å². The van der Waals surface area contributed by atoms with Crippen molar-refractivity contribution < 1.29 is 4.92 Å². The van der Waals surface area contributed by atoms with E-state index in [-0.39, 0.29) is 10.6 Å². The second-order valence-corrected chi connectivity index (χ2v) is 7.97. The van der Waals surface area contributed by atoms with E-state index in [1.807, 2.05) is 68.9 Å². The van der Waals surface area contributed by atoms with Crippen LogP contribution in [0.1, 0.15) is 28.1 Å². The molecular formula is C21H24N4O2S. The van der Waals surface area contributed by atoms with Crippen molar-refractivity contribution in [2.24, 2.45) is 7.05 Å². The minimum atomic E-state index is -0.310. The van der Waals surface area contributed by atoms with Crippen molar-refractivity contribution in [3.8, 4) is 0 Å². The first-order valence-electron chi connectivity index (χ1n) is 9.07. The lowest BCUT2D eigenvalue weighted by Crippen LogP contribution is -2.14. The van der Waals surface area contributed by atoms with Crippen LogP contribution in [0.3, 0.4) is 0 Å². The largest absolute Gasteiger partial charge is 0.308 e. The van der Waals surface area contributed by atoms with Gasteiger partial charge in [0, 0.05) is 42.4 Å². The molecule has 0 amide bonds. The molecule has 0 aliphatic heterocycles. The zero-order chi connectivity index (χ0) is 20.3. The molecule has 3 rings (SSSR count). The monoisotopic (exact) mass is 396 g/mol. The molecule has 0 fully saturated rings. The summed E-state index contributed by atoms with van der Waals surface area (Å²) in [5, 5.41) is 19.4. The Bertz CT molecular complexity index is 996. The van der Waals surface area contributed by atoms with Crippen LogP contribution in [0.2, 0.25) is 0 Å². The van der Waals surface area contributed by atoms with E-state index in [4.69, 9.17) is 0 Å². The van der Waals surface area contributed by atoms with E-state index in [0.717, 1.165) is 21.8 Å². The number of nitro benzene ring substituents is 1. The maximum absolute atomic E-state index is 11.6. The van der Waals surface area contributed by atoms with Crippen molar-refractivity contribution >= 4 is 17.4 Å². The number of aromatic nitrogens is 2. The minimum Gasteiger partial charge on any atom is -0.308 e. The quantitative estimate of drug-likeness (QED) is 0.463. The molecule has 0 unspecified atom stereocenters. The van der Waals surface area contributed by atoms with Crippen LogP contribution in [0.4, 0.5) is 5.69 Å². The van der Waals surface area contributed by atoms with Crippen LogP contribution in [0.25, 0.3) is 0 Å². The molecule has 1 heterocycles. The van der Waals surface area contributed by atoms with Crippen LogP contribution < -0.4 is 5.32 Å². The van der Waals surface area contributed by atoms with Crippen LogP contribution in [0, 0.1) is 30.9 Å². The fourth-order valence-corrected chi connectivity index (χ4v) is 3.94. The van der Waals surface area contributed by atoms with Crippen molar-refractivity contribution in [1.29, 1.82) is 0 Å². The van der Waals surface area contributed by atoms with Crippen molar-refractivity contribution in [3.05, 3.63) is 80.7 Å². The summed E-state index contributed by atoms with van der Waals surface area (Å²) in [5.74, 6) is 0. The highest BCUT2D eigenvalue weighted by Crippen LogP contribution is 2.35. The van der Waals surface area contributed by atoms with Gasteiger partial charge in [-0.1, -0.05) is 35.5 Å². The molecule has 0 radical (unpaired) electrons. The van der Waals surface area contributed by atoms with Gasteiger partial charge in [0.15, 0.2) is 0 Å². The third-order valence-electron chi connectivity index (χ3n) is 4.76. The average Bonchev–Trinajstić information content (AvgIpc) is 2.90. The maximum atomic E-state index is 11.6. The maximum Gasteiger partial charge on any atom is 0.283 e. The minimum absolute atomic E-state index is 0.138. The molecule has 0 aliphatic rings. The second kappa shape index (κ2) is 8.58. The van der Waals surface area contributed by atoms with Gasteiger partial charge in [-0.05, 0) is 44.5 Å². The molecule has 3 aromatic rings. The number of nitrogens with zero attached hydrogens (tertiary/aromatic N) is 3. The summed E-state index contributed by atoms with van der Waals surface area (Å²) in [6, 6.07) is 13.4. The third-order valence-corrected chi connectivity index (χ3v) is 5.83. The van der Waals surface area contributed by atoms with Gasteiger partial charge in [0.25, 0.3) is 5.69 Å². The third kappa shape index (κ3) is 4.61. The lowest BCUT2D eigenvalue weighted by Gasteiger charge is -2.08. The van der Waals surface area contributed by atoms with E-state index in [0.29, 0.717) is 18.0 Å². The number of benzene rings is 2. The van der Waals surface area contributed by atoms with Crippen molar-refractivity contribution in [3.63, 3.8) is 0 Å². The first-order chi connectivity index (χ1) is 13.3. The van der Waals surface area contributed by atoms with Crippen molar-refractivity contribution in [2.75, 3.05) is 0 Å². The Hall–Kier alpha value is -2.64. The average molecular weight is 397 g/mol. The molecule has 0 atom stereocenters. The fraction of sp³-hybridized carbons (Fsp3) is 0.286. The lowest BCUT2D eigenvalue weighted by atomic mass is 10.1. The Balaban J connectivity index is 1.71. The van der Waals surface area contributed by atoms with Crippen LogP contribution in [-0.4, -0.2) is 14.7 Å². The van der Waals surface area contributed by atoms with Gasteiger partial charge >= 0.3 is 0 Å². The Morgan fingerprint density at radius 2 is 1.82 bits per heavy atom. The Morgan fingerprint density at radius 1 is 1.11 bits per heavy atom. The van der Waals surface area contributed by atoms with E-state index < -0.39 is 0 Å². The van der Waals surface area contributed by atoms with Gasteiger partial charge in [-0.2, -0.15) is 5.10 Å². The highest BCUT2D eigenvalue weighted by Gasteiger charge is 2.16. The van der Waals surface area contributed by atoms with Gasteiger partial charge in [0.1, 0.15) is 0 Å². The molecule has 146 valence electrons. The van der Waals surface area contributed by atoms with Gasteiger partial charge in [-0.15, -0.1) is 0 Å². The number of hydrogen-bond acceptors (Lipinski definition) is 5. The summed E-state index contributed by atoms with van der Waals surface area (Å²) < 4.78 is 1.87. The predicted octanol–water partition coefficient (Wildman–Crippen LogP) is 4.69. The number of hydrogen-bond donors (Lipinski definition) is 1. The van der Waals surface area contributed by atoms with Crippen LogP contribution >= 0.6 is 11.8 Å². The second-order valence-electron chi connectivity index (χ2n) is 6.85. The number of nitrogens with one attached hydrogen (secondary N) is 1. The van der Waals surface area contributed by atoms with Gasteiger partial charge in [0.2, 0.25) is 0 Å². The highest BCUT2D eigenvalue weighted by molar-refractivity contribution is 7.99. The fourth-order valence-electron chi connectivity index (χ4n) is 3.04. The SMILES string of the molecule is Cc1ccc(Sc2ccc(CNCc3c(C)nn(C)c3C)cc2[N+](=O)[O-])cc1. The van der Waals surface area contributed by atoms with Crippen molar-refractivity contribution in [2.45, 2.75) is 43.7 Å². The summed E-state index contributed by atoms with van der Waals surface area (Å²) in [5.41, 5.74) is 5.49. The molecule has 0 saturated carbocycles. The Morgan fingerprint density at radius 3 is 2.43 bits per heavy atom. The first kappa shape index (κ1) is 20.1. The molecule has 1 N–H and O–H groups in total. The van der Waals surface area contributed by atoms with E-state index in [1.165, 1.54) is 22.9 Å². The van der Waals surface area contributed by atoms with Crippen LogP contribution in [0.5, 0.6) is 0 Å². The predicted molar refractivity (Wildman–Crippen MR) is 112 cm³/mol. The normalized spacial score (nSPS) is 11.0. The summed E-state index contributed by atoms with van der Waals surface area (Å²) in [4.78, 5) is 12.9. The molecule has 7 heteroatoms. The summed E-state index contributed by atoms with van der Waals surface area (Å²) in [6.45, 7) is 7.29. The Labute approximate surface area is 169 Å². The molecule has 28 heavy (non-hydrogen) atoms. The lowest BCUT2D eigenvalue weighted by molar-refractivity contribution is -0.387. The molecule has 0 saturated heterocycles. The number of rotatable bonds is 7. The van der Waals surface area contributed by atoms with Gasteiger partial charge in [-0.3, -0.25) is 14.8 Å². The number of aryl methyl sites for hydroxylation is 3. The van der Waals surface area contributed by atoms with E-state index >= 15 is 0 Å². The van der Waals surface area contributed by atoms with E-state index in [2.05, 4.69) is 10.4 Å². The summed E-state index contributed by atoms with van der Waals surface area (Å²) in [6.07, 6.45) is 0. The van der Waals surface area contributed by atoms with E-state index in [1.54, 1.807) is 6.07 Å². The zero-order valence-corrected chi connectivity index (χ0v) is 17.3. The molecule has 6 nitrogen and oxygen atoms in total. The van der Waals surface area contributed by atoms with E-state index in [9.17, 15) is 10.1 Å².